The van der Waals surface area contributed by atoms with E-state index in [0.29, 0.717) is 28.7 Å². The number of carbonyl (C=O) groups is 1. The van der Waals surface area contributed by atoms with Gasteiger partial charge in [0.25, 0.3) is 5.91 Å². The van der Waals surface area contributed by atoms with Gasteiger partial charge in [-0.25, -0.2) is 4.99 Å². The molecule has 0 saturated carbocycles. The quantitative estimate of drug-likeness (QED) is 0.203. The zero-order valence-electron chi connectivity index (χ0n) is 20.5. The Balaban J connectivity index is 1.33. The van der Waals surface area contributed by atoms with E-state index in [2.05, 4.69) is 28.2 Å². The molecule has 5 nitrogen and oxygen atoms in total. The van der Waals surface area contributed by atoms with Crippen molar-refractivity contribution in [1.29, 1.82) is 0 Å². The number of carbonyl (C=O) groups excluding carboxylic acids is 1. The molecule has 192 valence electrons. The zero-order valence-corrected chi connectivity index (χ0v) is 22.9. The fourth-order valence-corrected chi connectivity index (χ4v) is 6.71. The van der Waals surface area contributed by atoms with Crippen LogP contribution in [0.2, 0.25) is 10.0 Å². The molecular weight excluding hydrogens is 537 g/mol. The molecule has 0 saturated heterocycles. The van der Waals surface area contributed by atoms with Crippen LogP contribution in [0.25, 0.3) is 10.9 Å². The average molecular weight is 563 g/mol. The summed E-state index contributed by atoms with van der Waals surface area (Å²) >= 11 is 14.2. The standard InChI is InChI=1S/C30H25Cl2N3O2S/c31-21-12-11-19(25(32)14-21)17-35-18-20(23-7-1-3-9-26(23)35)15-34-30-28(24-8-2-4-10-27(24)38-30)29(36)33-16-22-6-5-13-37-22/h1,3,5-7,9,11-15,18H,2,4,8,10,16-17H2,(H,33,36). The minimum absolute atomic E-state index is 0.104. The Morgan fingerprint density at radius 1 is 1.11 bits per heavy atom. The van der Waals surface area contributed by atoms with Gasteiger partial charge in [-0.05, 0) is 67.1 Å². The highest BCUT2D eigenvalue weighted by atomic mass is 35.5. The third-order valence-electron chi connectivity index (χ3n) is 6.88. The van der Waals surface area contributed by atoms with E-state index in [-0.39, 0.29) is 5.91 Å². The Bertz CT molecular complexity index is 1650. The van der Waals surface area contributed by atoms with Crippen LogP contribution in [0.5, 0.6) is 0 Å². The van der Waals surface area contributed by atoms with E-state index in [4.69, 9.17) is 32.6 Å². The van der Waals surface area contributed by atoms with E-state index in [1.54, 1.807) is 23.7 Å². The monoisotopic (exact) mass is 561 g/mol. The van der Waals surface area contributed by atoms with Gasteiger partial charge in [0.05, 0.1) is 18.4 Å². The molecule has 1 N–H and O–H groups in total. The van der Waals surface area contributed by atoms with E-state index in [0.717, 1.165) is 64.0 Å². The number of amides is 1. The number of nitrogens with zero attached hydrogens (tertiary/aromatic N) is 2. The maximum absolute atomic E-state index is 13.3. The molecule has 0 atom stereocenters. The van der Waals surface area contributed by atoms with Crippen molar-refractivity contribution in [2.45, 2.75) is 38.8 Å². The van der Waals surface area contributed by atoms with Gasteiger partial charge in [0, 0.05) is 50.3 Å². The Kier molecular flexibility index (Phi) is 7.11. The summed E-state index contributed by atoms with van der Waals surface area (Å²) < 4.78 is 7.56. The van der Waals surface area contributed by atoms with Crippen molar-refractivity contribution in [2.24, 2.45) is 4.99 Å². The molecule has 5 aromatic rings. The molecule has 3 aromatic heterocycles. The first-order valence-corrected chi connectivity index (χ1v) is 14.1. The number of nitrogens with one attached hydrogen (secondary N) is 1. The van der Waals surface area contributed by atoms with Gasteiger partial charge >= 0.3 is 0 Å². The van der Waals surface area contributed by atoms with Crippen LogP contribution < -0.4 is 5.32 Å². The molecule has 1 amide bonds. The van der Waals surface area contributed by atoms with Crippen molar-refractivity contribution in [1.82, 2.24) is 9.88 Å². The number of hydrogen-bond acceptors (Lipinski definition) is 4. The lowest BCUT2D eigenvalue weighted by Crippen LogP contribution is -2.23. The second kappa shape index (κ2) is 10.8. The van der Waals surface area contributed by atoms with E-state index in [9.17, 15) is 4.79 Å². The van der Waals surface area contributed by atoms with Crippen molar-refractivity contribution in [3.8, 4) is 0 Å². The van der Waals surface area contributed by atoms with Gasteiger partial charge in [0.15, 0.2) is 0 Å². The minimum Gasteiger partial charge on any atom is -0.467 e. The van der Waals surface area contributed by atoms with Crippen molar-refractivity contribution in [2.75, 3.05) is 0 Å². The predicted octanol–water partition coefficient (Wildman–Crippen LogP) is 8.21. The highest BCUT2D eigenvalue weighted by molar-refractivity contribution is 7.16. The smallest absolute Gasteiger partial charge is 0.255 e. The Morgan fingerprint density at radius 3 is 2.82 bits per heavy atom. The summed E-state index contributed by atoms with van der Waals surface area (Å²) in [6, 6.07) is 17.5. The van der Waals surface area contributed by atoms with Gasteiger partial charge in [-0.15, -0.1) is 11.3 Å². The third kappa shape index (κ3) is 5.04. The van der Waals surface area contributed by atoms with Gasteiger partial charge in [-0.3, -0.25) is 4.79 Å². The molecule has 6 rings (SSSR count). The molecule has 1 aliphatic carbocycles. The molecule has 8 heteroatoms. The number of aryl methyl sites for hydroxylation is 1. The summed E-state index contributed by atoms with van der Waals surface area (Å²) in [5.74, 6) is 0.619. The zero-order chi connectivity index (χ0) is 26.1. The fraction of sp³-hybridized carbons (Fsp3) is 0.200. The number of para-hydroxylation sites is 1. The first kappa shape index (κ1) is 25.0. The van der Waals surface area contributed by atoms with Crippen LogP contribution in [0.4, 0.5) is 5.00 Å². The van der Waals surface area contributed by atoms with Gasteiger partial charge < -0.3 is 14.3 Å². The minimum atomic E-state index is -0.104. The molecule has 0 radical (unpaired) electrons. The molecule has 0 spiro atoms. The maximum atomic E-state index is 13.3. The molecule has 38 heavy (non-hydrogen) atoms. The summed E-state index contributed by atoms with van der Waals surface area (Å²) in [6.45, 7) is 0.957. The summed E-state index contributed by atoms with van der Waals surface area (Å²) in [5, 5.41) is 6.12. The van der Waals surface area contributed by atoms with E-state index >= 15 is 0 Å². The van der Waals surface area contributed by atoms with Crippen molar-refractivity contribution in [3.63, 3.8) is 0 Å². The van der Waals surface area contributed by atoms with Gasteiger partial charge in [0.1, 0.15) is 10.8 Å². The van der Waals surface area contributed by atoms with Crippen LogP contribution in [0, 0.1) is 0 Å². The number of hydrogen-bond donors (Lipinski definition) is 1. The molecular formula is C30H25Cl2N3O2S. The third-order valence-corrected chi connectivity index (χ3v) is 8.67. The Hall–Kier alpha value is -3.32. The van der Waals surface area contributed by atoms with Crippen LogP contribution in [-0.4, -0.2) is 16.7 Å². The summed E-state index contributed by atoms with van der Waals surface area (Å²) in [5.41, 5.74) is 4.90. The fourth-order valence-electron chi connectivity index (χ4n) is 5.02. The summed E-state index contributed by atoms with van der Waals surface area (Å²) in [4.78, 5) is 19.5. The number of fused-ring (bicyclic) bond motifs is 2. The molecule has 2 aromatic carbocycles. The highest BCUT2D eigenvalue weighted by Gasteiger charge is 2.25. The average Bonchev–Trinajstić information content (AvgIpc) is 3.65. The van der Waals surface area contributed by atoms with Crippen molar-refractivity contribution >= 4 is 62.6 Å². The van der Waals surface area contributed by atoms with Crippen LogP contribution in [0.3, 0.4) is 0 Å². The van der Waals surface area contributed by atoms with Crippen LogP contribution in [-0.2, 0) is 25.9 Å². The topological polar surface area (TPSA) is 59.5 Å². The first-order valence-electron chi connectivity index (χ1n) is 12.6. The van der Waals surface area contributed by atoms with Gasteiger partial charge in [-0.2, -0.15) is 0 Å². The molecule has 0 fully saturated rings. The van der Waals surface area contributed by atoms with E-state index in [1.807, 2.05) is 42.6 Å². The van der Waals surface area contributed by atoms with Crippen LogP contribution in [0.1, 0.15) is 50.5 Å². The SMILES string of the molecule is O=C(NCc1ccco1)c1c(N=Cc2cn(Cc3ccc(Cl)cc3Cl)c3ccccc23)sc2c1CCCC2. The molecule has 0 unspecified atom stereocenters. The number of rotatable bonds is 7. The Morgan fingerprint density at radius 2 is 1.97 bits per heavy atom. The number of thiophene rings is 1. The van der Waals surface area contributed by atoms with Crippen molar-refractivity contribution < 1.29 is 9.21 Å². The van der Waals surface area contributed by atoms with Gasteiger partial charge in [0.2, 0.25) is 0 Å². The molecule has 1 aliphatic rings. The highest BCUT2D eigenvalue weighted by Crippen LogP contribution is 2.40. The lowest BCUT2D eigenvalue weighted by Gasteiger charge is -2.12. The molecule has 0 bridgehead atoms. The largest absolute Gasteiger partial charge is 0.467 e. The first-order chi connectivity index (χ1) is 18.6. The number of benzene rings is 2. The number of aliphatic imine (C=N–C) groups is 1. The summed E-state index contributed by atoms with van der Waals surface area (Å²) in [6.07, 6.45) is 9.71. The van der Waals surface area contributed by atoms with Crippen LogP contribution in [0.15, 0.2) is 76.5 Å². The molecule has 3 heterocycles. The lowest BCUT2D eigenvalue weighted by atomic mass is 9.95. The lowest BCUT2D eigenvalue weighted by molar-refractivity contribution is 0.0948. The molecule has 0 aliphatic heterocycles. The maximum Gasteiger partial charge on any atom is 0.255 e. The van der Waals surface area contributed by atoms with E-state index in [1.165, 1.54) is 4.88 Å². The van der Waals surface area contributed by atoms with E-state index < -0.39 is 0 Å². The number of furan rings is 1. The second-order valence-corrected chi connectivity index (χ2v) is 11.3. The number of halogens is 2. The van der Waals surface area contributed by atoms with Gasteiger partial charge in [-0.1, -0.05) is 47.5 Å². The number of aromatic nitrogens is 1. The summed E-state index contributed by atoms with van der Waals surface area (Å²) in [7, 11) is 0. The predicted molar refractivity (Wildman–Crippen MR) is 156 cm³/mol. The van der Waals surface area contributed by atoms with Crippen LogP contribution >= 0.6 is 34.5 Å². The normalized spacial score (nSPS) is 13.3. The Labute approximate surface area is 234 Å². The second-order valence-electron chi connectivity index (χ2n) is 9.38. The van der Waals surface area contributed by atoms with Crippen molar-refractivity contribution in [3.05, 3.63) is 110 Å².